The van der Waals surface area contributed by atoms with Crippen LogP contribution < -0.4 is 5.46 Å². The third-order valence-corrected chi connectivity index (χ3v) is 2.75. The Kier molecular flexibility index (Phi) is 2.30. The van der Waals surface area contributed by atoms with E-state index in [1.165, 1.54) is 0 Å². The molecule has 0 bridgehead atoms. The summed E-state index contributed by atoms with van der Waals surface area (Å²) in [4.78, 5) is 4.22. The molecule has 68 valence electrons. The van der Waals surface area contributed by atoms with Crippen LogP contribution in [0.2, 0.25) is 0 Å². The van der Waals surface area contributed by atoms with E-state index in [4.69, 9.17) is 5.26 Å². The van der Waals surface area contributed by atoms with Crippen molar-refractivity contribution in [3.63, 3.8) is 0 Å². The van der Waals surface area contributed by atoms with Crippen molar-refractivity contribution >= 4 is 34.9 Å². The van der Waals surface area contributed by atoms with Gasteiger partial charge in [-0.2, -0.15) is 5.26 Å². The van der Waals surface area contributed by atoms with Gasteiger partial charge >= 0.3 is 0 Å². The molecule has 2 aromatic rings. The number of hydrogen-bond donors (Lipinski definition) is 0. The third kappa shape index (κ3) is 1.23. The first kappa shape index (κ1) is 9.29. The predicted octanol–water partition coefficient (Wildman–Crippen LogP) is 0.359. The Morgan fingerprint density at radius 2 is 2.36 bits per heavy atom. The van der Waals surface area contributed by atoms with Crippen LogP contribution in [0.15, 0.2) is 18.3 Å². The molecular weight excluding hydrogens is 241 g/mol. The lowest BCUT2D eigenvalue weighted by Crippen LogP contribution is -2.10. The fourth-order valence-corrected chi connectivity index (χ4v) is 1.91. The van der Waals surface area contributed by atoms with Crippen LogP contribution in [0.5, 0.6) is 0 Å². The van der Waals surface area contributed by atoms with Crippen molar-refractivity contribution in [2.75, 3.05) is 0 Å². The topological polar surface area (TPSA) is 41.1 Å². The van der Waals surface area contributed by atoms with E-state index in [1.807, 2.05) is 24.4 Å². The minimum absolute atomic E-state index is 0.582. The van der Waals surface area contributed by atoms with Crippen LogP contribution in [0.4, 0.5) is 0 Å². The van der Waals surface area contributed by atoms with Crippen LogP contribution in [0.25, 0.3) is 5.65 Å². The number of aromatic nitrogens is 2. The van der Waals surface area contributed by atoms with E-state index in [0.29, 0.717) is 5.69 Å². The molecular formula is C9H7BBrN3. The Balaban J connectivity index is 2.90. The van der Waals surface area contributed by atoms with E-state index in [1.54, 1.807) is 6.20 Å². The maximum atomic E-state index is 8.91. The Bertz CT molecular complexity index is 527. The molecule has 0 aromatic carbocycles. The molecule has 5 heteroatoms. The number of alkyl halides is 1. The van der Waals surface area contributed by atoms with Gasteiger partial charge in [-0.3, -0.25) is 4.40 Å². The van der Waals surface area contributed by atoms with Crippen molar-refractivity contribution in [1.29, 1.82) is 5.26 Å². The standard InChI is InChI=1S/C9H7BBrN3/c10-8-2-1-6(3-11)14-7(4-12)5-13-9(8)14/h1-2,5H,3,10H2. The summed E-state index contributed by atoms with van der Waals surface area (Å²) >= 11 is 3.39. The zero-order valence-corrected chi connectivity index (χ0v) is 9.24. The van der Waals surface area contributed by atoms with Gasteiger partial charge in [-0.1, -0.05) is 22.0 Å². The lowest BCUT2D eigenvalue weighted by Gasteiger charge is -2.04. The summed E-state index contributed by atoms with van der Waals surface area (Å²) < 4.78 is 1.88. The van der Waals surface area contributed by atoms with Crippen molar-refractivity contribution in [1.82, 2.24) is 9.38 Å². The number of fused-ring (bicyclic) bond motifs is 1. The van der Waals surface area contributed by atoms with Gasteiger partial charge in [0.25, 0.3) is 0 Å². The Morgan fingerprint density at radius 3 is 3.00 bits per heavy atom. The van der Waals surface area contributed by atoms with Crippen molar-refractivity contribution in [2.24, 2.45) is 0 Å². The first-order chi connectivity index (χ1) is 6.77. The molecule has 3 nitrogen and oxygen atoms in total. The molecule has 0 fully saturated rings. The maximum Gasteiger partial charge on any atom is 0.144 e. The van der Waals surface area contributed by atoms with E-state index in [0.717, 1.165) is 22.1 Å². The number of nitriles is 1. The van der Waals surface area contributed by atoms with Crippen molar-refractivity contribution in [3.05, 3.63) is 29.7 Å². The summed E-state index contributed by atoms with van der Waals surface area (Å²) in [7, 11) is 1.99. The van der Waals surface area contributed by atoms with Crippen molar-refractivity contribution in [2.45, 2.75) is 5.33 Å². The van der Waals surface area contributed by atoms with Crippen molar-refractivity contribution in [3.8, 4) is 6.07 Å². The quantitative estimate of drug-likeness (QED) is 0.540. The summed E-state index contributed by atoms with van der Waals surface area (Å²) in [5, 5.41) is 9.63. The number of imidazole rings is 1. The van der Waals surface area contributed by atoms with Gasteiger partial charge in [0.05, 0.1) is 6.20 Å². The fraction of sp³-hybridized carbons (Fsp3) is 0.111. The zero-order valence-electron chi connectivity index (χ0n) is 7.66. The van der Waals surface area contributed by atoms with Crippen LogP contribution in [0.1, 0.15) is 11.4 Å². The summed E-state index contributed by atoms with van der Waals surface area (Å²) in [6, 6.07) is 6.15. The molecule has 0 unspecified atom stereocenters. The lowest BCUT2D eigenvalue weighted by atomic mass is 9.97. The molecule has 2 rings (SSSR count). The van der Waals surface area contributed by atoms with Crippen LogP contribution in [-0.4, -0.2) is 17.2 Å². The lowest BCUT2D eigenvalue weighted by molar-refractivity contribution is 1.07. The molecule has 0 radical (unpaired) electrons. The summed E-state index contributed by atoms with van der Waals surface area (Å²) in [5.74, 6) is 0. The Morgan fingerprint density at radius 1 is 1.57 bits per heavy atom. The smallest absolute Gasteiger partial charge is 0.144 e. The normalized spacial score (nSPS) is 10.3. The van der Waals surface area contributed by atoms with Gasteiger partial charge in [0.15, 0.2) is 0 Å². The first-order valence-electron chi connectivity index (χ1n) is 4.20. The van der Waals surface area contributed by atoms with Gasteiger partial charge in [0, 0.05) is 11.0 Å². The number of halogens is 1. The summed E-state index contributed by atoms with van der Waals surface area (Å²) in [5.41, 5.74) is 3.56. The highest BCUT2D eigenvalue weighted by molar-refractivity contribution is 9.08. The first-order valence-corrected chi connectivity index (χ1v) is 5.32. The number of pyridine rings is 1. The number of rotatable bonds is 1. The molecule has 0 aliphatic carbocycles. The number of nitrogens with zero attached hydrogens (tertiary/aromatic N) is 3. The molecule has 2 aromatic heterocycles. The Hall–Kier alpha value is -1.28. The highest BCUT2D eigenvalue weighted by Crippen LogP contribution is 2.10. The average Bonchev–Trinajstić information content (AvgIpc) is 2.63. The van der Waals surface area contributed by atoms with E-state index < -0.39 is 0 Å². The van der Waals surface area contributed by atoms with E-state index in [-0.39, 0.29) is 0 Å². The number of hydrogen-bond acceptors (Lipinski definition) is 2. The SMILES string of the molecule is Bc1ccc(CBr)n2c(C#N)cnc12. The molecule has 0 atom stereocenters. The summed E-state index contributed by atoms with van der Waals surface area (Å²) in [6.45, 7) is 0. The molecule has 0 aliphatic heterocycles. The fourth-order valence-electron chi connectivity index (χ4n) is 1.47. The highest BCUT2D eigenvalue weighted by atomic mass is 79.9. The molecule has 0 spiro atoms. The molecule has 0 aliphatic rings. The van der Waals surface area contributed by atoms with Crippen molar-refractivity contribution < 1.29 is 0 Å². The van der Waals surface area contributed by atoms with Gasteiger partial charge < -0.3 is 0 Å². The monoisotopic (exact) mass is 247 g/mol. The zero-order chi connectivity index (χ0) is 10.1. The minimum atomic E-state index is 0.582. The second-order valence-electron chi connectivity index (χ2n) is 3.06. The molecule has 0 N–H and O–H groups in total. The molecule has 2 heterocycles. The second-order valence-corrected chi connectivity index (χ2v) is 3.62. The van der Waals surface area contributed by atoms with Crippen LogP contribution in [0.3, 0.4) is 0 Å². The van der Waals surface area contributed by atoms with Crippen LogP contribution in [-0.2, 0) is 5.33 Å². The Labute approximate surface area is 90.9 Å². The summed E-state index contributed by atoms with van der Waals surface area (Å²) in [6.07, 6.45) is 1.61. The third-order valence-electron chi connectivity index (χ3n) is 2.18. The molecule has 14 heavy (non-hydrogen) atoms. The van der Waals surface area contributed by atoms with E-state index in [2.05, 4.69) is 27.0 Å². The molecule has 0 amide bonds. The van der Waals surface area contributed by atoms with Crippen LogP contribution >= 0.6 is 15.9 Å². The average molecular weight is 248 g/mol. The molecule has 0 saturated heterocycles. The van der Waals surface area contributed by atoms with Gasteiger partial charge in [0.1, 0.15) is 25.3 Å². The largest absolute Gasteiger partial charge is 0.288 e. The predicted molar refractivity (Wildman–Crippen MR) is 60.7 cm³/mol. The van der Waals surface area contributed by atoms with Gasteiger partial charge in [-0.15, -0.1) is 0 Å². The highest BCUT2D eigenvalue weighted by Gasteiger charge is 2.07. The van der Waals surface area contributed by atoms with Crippen LogP contribution in [0, 0.1) is 11.3 Å². The molecule has 0 saturated carbocycles. The minimum Gasteiger partial charge on any atom is -0.288 e. The van der Waals surface area contributed by atoms with Gasteiger partial charge in [-0.05, 0) is 11.5 Å². The van der Waals surface area contributed by atoms with E-state index in [9.17, 15) is 0 Å². The maximum absolute atomic E-state index is 8.91. The van der Waals surface area contributed by atoms with Gasteiger partial charge in [-0.25, -0.2) is 4.98 Å². The van der Waals surface area contributed by atoms with E-state index >= 15 is 0 Å². The van der Waals surface area contributed by atoms with Gasteiger partial charge in [0.2, 0.25) is 0 Å². The second kappa shape index (κ2) is 3.47.